The third-order valence-electron chi connectivity index (χ3n) is 9.85. The third kappa shape index (κ3) is 12.2. The summed E-state index contributed by atoms with van der Waals surface area (Å²) in [7, 11) is 3.06. The zero-order valence-corrected chi connectivity index (χ0v) is 35.0. The maximum atomic E-state index is 12.5. The van der Waals surface area contributed by atoms with Crippen molar-refractivity contribution in [3.8, 4) is 22.6 Å². The molecule has 6 rings (SSSR count). The summed E-state index contributed by atoms with van der Waals surface area (Å²) >= 11 is 0. The first kappa shape index (κ1) is 44.1. The lowest BCUT2D eigenvalue weighted by Crippen LogP contribution is -2.40. The van der Waals surface area contributed by atoms with Crippen molar-refractivity contribution in [2.75, 3.05) is 38.8 Å². The van der Waals surface area contributed by atoms with Crippen molar-refractivity contribution in [3.63, 3.8) is 0 Å². The number of carbonyl (C=O) groups excluding carboxylic acids is 2. The lowest BCUT2D eigenvalue weighted by atomic mass is 9.95. The number of nitrogens with one attached hydrogen (secondary N) is 1. The zero-order chi connectivity index (χ0) is 41.2. The highest BCUT2D eigenvalue weighted by atomic mass is 16.5. The van der Waals surface area contributed by atoms with E-state index in [9.17, 15) is 9.59 Å². The van der Waals surface area contributed by atoms with E-state index in [0.29, 0.717) is 36.1 Å². The molecule has 0 saturated carbocycles. The second-order valence-electron chi connectivity index (χ2n) is 13.8. The summed E-state index contributed by atoms with van der Waals surface area (Å²) in [6.45, 7) is 15.7. The number of amides is 1. The van der Waals surface area contributed by atoms with E-state index >= 15 is 0 Å². The van der Waals surface area contributed by atoms with Crippen LogP contribution >= 0.6 is 0 Å². The number of esters is 1. The first-order valence-electron chi connectivity index (χ1n) is 20.1. The van der Waals surface area contributed by atoms with Crippen LogP contribution in [-0.4, -0.2) is 51.8 Å². The normalized spacial score (nSPS) is 12.3. The van der Waals surface area contributed by atoms with E-state index in [1.165, 1.54) is 7.11 Å². The predicted octanol–water partition coefficient (Wildman–Crippen LogP) is 10.8. The molecule has 0 radical (unpaired) electrons. The quantitative estimate of drug-likeness (QED) is 0.119. The standard InChI is InChI=1S/C25H27NO3.C22H27NO3.C2H6/c1-18(2)21-14-22(25(27)26-3)24(29-17-20-12-8-5-9-13-20)15-23(21)28-16-19-10-6-4-7-11-19;1-4-23(19-10-12-26-13-11-19)21-15-18(17-8-6-5-7-9-17)14-20(16(21)2)22(24)25-3;1-2/h4-15,18H,16-17H2,1-3H3,(H,26,27);5-9,14-15,19H,4,10-13H2,1-3H3;1-2H3. The Bertz CT molecular complexity index is 1980. The molecule has 1 saturated heterocycles. The van der Waals surface area contributed by atoms with Gasteiger partial charge in [0.2, 0.25) is 0 Å². The molecule has 57 heavy (non-hydrogen) atoms. The van der Waals surface area contributed by atoms with Gasteiger partial charge in [0.1, 0.15) is 24.7 Å². The smallest absolute Gasteiger partial charge is 0.338 e. The van der Waals surface area contributed by atoms with Crippen LogP contribution in [0.1, 0.15) is 96.3 Å². The summed E-state index contributed by atoms with van der Waals surface area (Å²) in [4.78, 5) is 27.3. The number of hydrogen-bond acceptors (Lipinski definition) is 7. The van der Waals surface area contributed by atoms with Gasteiger partial charge in [0.15, 0.2) is 0 Å². The van der Waals surface area contributed by atoms with Gasteiger partial charge in [-0.3, -0.25) is 4.79 Å². The molecule has 0 aromatic heterocycles. The van der Waals surface area contributed by atoms with Crippen molar-refractivity contribution >= 4 is 17.6 Å². The van der Waals surface area contributed by atoms with E-state index in [0.717, 1.165) is 77.4 Å². The van der Waals surface area contributed by atoms with E-state index in [4.69, 9.17) is 18.9 Å². The average molecular weight is 773 g/mol. The number of carbonyl (C=O) groups is 2. The van der Waals surface area contributed by atoms with E-state index in [1.54, 1.807) is 7.05 Å². The van der Waals surface area contributed by atoms with Crippen LogP contribution < -0.4 is 19.7 Å². The molecule has 0 spiro atoms. The highest BCUT2D eigenvalue weighted by molar-refractivity contribution is 5.97. The van der Waals surface area contributed by atoms with Gasteiger partial charge in [-0.05, 0) is 84.2 Å². The van der Waals surface area contributed by atoms with Crippen LogP contribution in [-0.2, 0) is 22.7 Å². The minimum atomic E-state index is -0.287. The number of ether oxygens (including phenoxy) is 4. The van der Waals surface area contributed by atoms with Gasteiger partial charge in [0.25, 0.3) is 5.91 Å². The number of benzene rings is 5. The average Bonchev–Trinajstić information content (AvgIpc) is 3.27. The van der Waals surface area contributed by atoms with Crippen molar-refractivity contribution in [3.05, 3.63) is 149 Å². The molecule has 5 aromatic carbocycles. The minimum absolute atomic E-state index is 0.176. The fourth-order valence-corrected chi connectivity index (χ4v) is 6.79. The minimum Gasteiger partial charge on any atom is -0.488 e. The van der Waals surface area contributed by atoms with Gasteiger partial charge in [-0.25, -0.2) is 4.79 Å². The second-order valence-corrected chi connectivity index (χ2v) is 13.8. The van der Waals surface area contributed by atoms with Crippen molar-refractivity contribution in [1.82, 2.24) is 5.32 Å². The lowest BCUT2D eigenvalue weighted by molar-refractivity contribution is 0.0599. The molecule has 1 aliphatic heterocycles. The summed E-state index contributed by atoms with van der Waals surface area (Å²) in [6, 6.07) is 38.4. The molecule has 0 unspecified atom stereocenters. The maximum absolute atomic E-state index is 12.5. The number of nitrogens with zero attached hydrogens (tertiary/aromatic N) is 1. The van der Waals surface area contributed by atoms with E-state index in [2.05, 4.69) is 49.2 Å². The van der Waals surface area contributed by atoms with Crippen LogP contribution in [0.2, 0.25) is 0 Å². The van der Waals surface area contributed by atoms with Crippen LogP contribution in [0.3, 0.4) is 0 Å². The maximum Gasteiger partial charge on any atom is 0.338 e. The molecule has 8 nitrogen and oxygen atoms in total. The van der Waals surface area contributed by atoms with Gasteiger partial charge < -0.3 is 29.2 Å². The first-order chi connectivity index (χ1) is 27.7. The van der Waals surface area contributed by atoms with Gasteiger partial charge in [0.05, 0.1) is 18.2 Å². The van der Waals surface area contributed by atoms with Crippen molar-refractivity contribution in [2.45, 2.75) is 79.6 Å². The van der Waals surface area contributed by atoms with Gasteiger partial charge >= 0.3 is 5.97 Å². The highest BCUT2D eigenvalue weighted by Crippen LogP contribution is 2.36. The lowest BCUT2D eigenvalue weighted by Gasteiger charge is -2.37. The highest BCUT2D eigenvalue weighted by Gasteiger charge is 2.25. The van der Waals surface area contributed by atoms with Crippen molar-refractivity contribution < 1.29 is 28.5 Å². The largest absolute Gasteiger partial charge is 0.488 e. The Kier molecular flexibility index (Phi) is 17.7. The molecule has 1 N–H and O–H groups in total. The molecule has 302 valence electrons. The van der Waals surface area contributed by atoms with Gasteiger partial charge in [-0.1, -0.05) is 119 Å². The van der Waals surface area contributed by atoms with Crippen LogP contribution in [0.15, 0.2) is 115 Å². The summed E-state index contributed by atoms with van der Waals surface area (Å²) in [5.41, 5.74) is 8.48. The van der Waals surface area contributed by atoms with Gasteiger partial charge in [-0.2, -0.15) is 0 Å². The van der Waals surface area contributed by atoms with Gasteiger partial charge in [-0.15, -0.1) is 0 Å². The van der Waals surface area contributed by atoms with Crippen LogP contribution in [0.5, 0.6) is 11.5 Å². The third-order valence-corrected chi connectivity index (χ3v) is 9.85. The van der Waals surface area contributed by atoms with E-state index in [-0.39, 0.29) is 17.8 Å². The van der Waals surface area contributed by atoms with Gasteiger partial charge in [0, 0.05) is 44.6 Å². The van der Waals surface area contributed by atoms with E-state index < -0.39 is 0 Å². The Morgan fingerprint density at radius 3 is 1.81 bits per heavy atom. The van der Waals surface area contributed by atoms with Crippen LogP contribution in [0, 0.1) is 6.92 Å². The number of hydrogen-bond donors (Lipinski definition) is 1. The topological polar surface area (TPSA) is 86.3 Å². The first-order valence-corrected chi connectivity index (χ1v) is 20.1. The second kappa shape index (κ2) is 22.8. The molecule has 0 bridgehead atoms. The molecule has 8 heteroatoms. The summed E-state index contributed by atoms with van der Waals surface area (Å²) in [6.07, 6.45) is 2.02. The molecule has 0 aliphatic carbocycles. The van der Waals surface area contributed by atoms with E-state index in [1.807, 2.05) is 118 Å². The Morgan fingerprint density at radius 1 is 0.754 bits per heavy atom. The van der Waals surface area contributed by atoms with Crippen LogP contribution in [0.4, 0.5) is 5.69 Å². The molecule has 1 aliphatic rings. The Hall–Kier alpha value is -5.60. The number of methoxy groups -OCH3 is 1. The summed E-state index contributed by atoms with van der Waals surface area (Å²) in [5, 5.41) is 2.70. The SMILES string of the molecule is CC.CCN(c1cc(-c2ccccc2)cc(C(=O)OC)c1C)C1CCOCC1.CNC(=O)c1cc(C(C)C)c(OCc2ccccc2)cc1OCc1ccccc1. The monoisotopic (exact) mass is 772 g/mol. The molecule has 1 fully saturated rings. The summed E-state index contributed by atoms with van der Waals surface area (Å²) < 4.78 is 22.7. The number of anilines is 1. The molecular weight excluding hydrogens is 713 g/mol. The van der Waals surface area contributed by atoms with Crippen molar-refractivity contribution in [2.24, 2.45) is 0 Å². The summed E-state index contributed by atoms with van der Waals surface area (Å²) in [5.74, 6) is 0.988. The van der Waals surface area contributed by atoms with Crippen molar-refractivity contribution in [1.29, 1.82) is 0 Å². The molecule has 0 atom stereocenters. The Balaban J connectivity index is 0.000000243. The van der Waals surface area contributed by atoms with Crippen LogP contribution in [0.25, 0.3) is 11.1 Å². The Morgan fingerprint density at radius 2 is 1.30 bits per heavy atom. The molecule has 1 amide bonds. The zero-order valence-electron chi connectivity index (χ0n) is 35.0. The number of rotatable bonds is 13. The molecular formula is C49H60N2O6. The Labute approximate surface area is 340 Å². The fraction of sp³-hybridized carbons (Fsp3) is 0.347. The fourth-order valence-electron chi connectivity index (χ4n) is 6.79. The molecule has 5 aromatic rings. The molecule has 1 heterocycles. The predicted molar refractivity (Wildman–Crippen MR) is 232 cm³/mol.